The van der Waals surface area contributed by atoms with Crippen LogP contribution in [0.3, 0.4) is 0 Å². The van der Waals surface area contributed by atoms with Crippen molar-refractivity contribution in [2.75, 3.05) is 16.0 Å². The summed E-state index contributed by atoms with van der Waals surface area (Å²) in [5.74, 6) is 2.49. The van der Waals surface area contributed by atoms with Crippen molar-refractivity contribution < 1.29 is 4.79 Å². The maximum Gasteiger partial charge on any atom is 0.248 e. The monoisotopic (exact) mass is 442 g/mol. The molecule has 160 valence electrons. The Bertz CT molecular complexity index is 1240. The third-order valence-electron chi connectivity index (χ3n) is 4.38. The highest BCUT2D eigenvalue weighted by molar-refractivity contribution is 7.10. The van der Waals surface area contributed by atoms with Gasteiger partial charge in [-0.25, -0.2) is 15.0 Å². The highest BCUT2D eigenvalue weighted by Crippen LogP contribution is 2.21. The van der Waals surface area contributed by atoms with Crippen molar-refractivity contribution in [1.82, 2.24) is 15.0 Å². The second kappa shape index (κ2) is 9.84. The number of anilines is 5. The van der Waals surface area contributed by atoms with Gasteiger partial charge < -0.3 is 16.0 Å². The number of aromatic nitrogens is 3. The number of thiophene rings is 1. The molecule has 0 spiro atoms. The number of hydrogen-bond acceptors (Lipinski definition) is 7. The topological polar surface area (TPSA) is 91.8 Å². The first-order chi connectivity index (χ1) is 15.5. The van der Waals surface area contributed by atoms with E-state index in [1.54, 1.807) is 23.6 Å². The minimum atomic E-state index is -0.175. The minimum absolute atomic E-state index is 0.175. The van der Waals surface area contributed by atoms with Gasteiger partial charge >= 0.3 is 0 Å². The number of amides is 1. The van der Waals surface area contributed by atoms with E-state index in [0.717, 1.165) is 21.9 Å². The second-order valence-electron chi connectivity index (χ2n) is 7.07. The highest BCUT2D eigenvalue weighted by atomic mass is 32.1. The molecule has 1 amide bonds. The Morgan fingerprint density at radius 1 is 0.906 bits per heavy atom. The van der Waals surface area contributed by atoms with Gasteiger partial charge in [-0.2, -0.15) is 0 Å². The van der Waals surface area contributed by atoms with E-state index in [-0.39, 0.29) is 5.91 Å². The Balaban J connectivity index is 1.39. The van der Waals surface area contributed by atoms with Gasteiger partial charge in [0, 0.05) is 34.6 Å². The predicted molar refractivity (Wildman–Crippen MR) is 131 cm³/mol. The van der Waals surface area contributed by atoms with E-state index in [4.69, 9.17) is 0 Å². The summed E-state index contributed by atoms with van der Waals surface area (Å²) >= 11 is 1.58. The molecular weight excluding hydrogens is 420 g/mol. The van der Waals surface area contributed by atoms with Crippen molar-refractivity contribution in [1.29, 1.82) is 0 Å². The molecule has 0 radical (unpaired) electrons. The number of carbonyl (C=O) groups excluding carboxylic acids is 1. The Morgan fingerprint density at radius 3 is 2.38 bits per heavy atom. The largest absolute Gasteiger partial charge is 0.340 e. The van der Waals surface area contributed by atoms with Gasteiger partial charge in [0.2, 0.25) is 5.91 Å². The molecule has 0 bridgehead atoms. The summed E-state index contributed by atoms with van der Waals surface area (Å²) in [6, 6.07) is 17.1. The fourth-order valence-electron chi connectivity index (χ4n) is 2.94. The number of hydrogen-bond donors (Lipinski definition) is 3. The van der Waals surface area contributed by atoms with Crippen molar-refractivity contribution in [2.45, 2.75) is 13.8 Å². The van der Waals surface area contributed by atoms with Crippen LogP contribution in [-0.2, 0) is 4.79 Å². The van der Waals surface area contributed by atoms with Crippen LogP contribution in [0, 0.1) is 13.8 Å². The van der Waals surface area contributed by atoms with E-state index < -0.39 is 0 Å². The fraction of sp³-hybridized carbons (Fsp3) is 0.0833. The molecule has 4 aromatic rings. The summed E-state index contributed by atoms with van der Waals surface area (Å²) in [5.41, 5.74) is 2.67. The van der Waals surface area contributed by atoms with Gasteiger partial charge in [-0.1, -0.05) is 6.07 Å². The lowest BCUT2D eigenvalue weighted by molar-refractivity contribution is -0.111. The molecule has 1 aromatic carbocycles. The number of carbonyl (C=O) groups is 1. The summed E-state index contributed by atoms with van der Waals surface area (Å²) in [6.45, 7) is 3.85. The molecule has 32 heavy (non-hydrogen) atoms. The first-order valence-corrected chi connectivity index (χ1v) is 10.9. The molecule has 7 nitrogen and oxygen atoms in total. The van der Waals surface area contributed by atoms with Gasteiger partial charge in [0.05, 0.1) is 0 Å². The van der Waals surface area contributed by atoms with Crippen LogP contribution in [0.4, 0.5) is 28.8 Å². The molecule has 3 heterocycles. The SMILES string of the molecule is Cc1ccnc(Nc2cc(Nc3ccc(NC(=O)/C=C/c4cccs4)cc3)nc(C)n2)c1. The fourth-order valence-corrected chi connectivity index (χ4v) is 3.56. The zero-order valence-electron chi connectivity index (χ0n) is 17.7. The van der Waals surface area contributed by atoms with Crippen LogP contribution in [0.15, 0.2) is 72.3 Å². The van der Waals surface area contributed by atoms with E-state index in [0.29, 0.717) is 23.1 Å². The molecule has 0 atom stereocenters. The third kappa shape index (κ3) is 5.99. The molecule has 3 aromatic heterocycles. The Labute approximate surface area is 190 Å². The standard InChI is InChI=1S/C24H22N6OS/c1-16-11-12-25-21(14-16)30-23-15-22(26-17(2)27-23)28-18-5-7-19(8-6-18)29-24(31)10-9-20-4-3-13-32-20/h3-15H,1-2H3,(H,29,31)(H2,25,26,27,28,30)/b10-9+. The van der Waals surface area contributed by atoms with E-state index in [1.807, 2.05) is 73.8 Å². The molecule has 0 unspecified atom stereocenters. The zero-order valence-corrected chi connectivity index (χ0v) is 18.5. The molecule has 0 aliphatic heterocycles. The first kappa shape index (κ1) is 21.2. The quantitative estimate of drug-likeness (QED) is 0.319. The number of rotatable bonds is 7. The van der Waals surface area contributed by atoms with Gasteiger partial charge in [0.1, 0.15) is 23.3 Å². The van der Waals surface area contributed by atoms with Crippen molar-refractivity contribution in [3.63, 3.8) is 0 Å². The molecule has 0 saturated heterocycles. The molecule has 0 fully saturated rings. The van der Waals surface area contributed by atoms with Crippen LogP contribution in [-0.4, -0.2) is 20.9 Å². The normalized spacial score (nSPS) is 10.8. The maximum atomic E-state index is 12.1. The Hall–Kier alpha value is -4.04. The van der Waals surface area contributed by atoms with Gasteiger partial charge in [0.25, 0.3) is 0 Å². The molecule has 0 aliphatic rings. The molecule has 4 rings (SSSR count). The van der Waals surface area contributed by atoms with Gasteiger partial charge in [0.15, 0.2) is 0 Å². The van der Waals surface area contributed by atoms with Crippen LogP contribution in [0.25, 0.3) is 6.08 Å². The average molecular weight is 443 g/mol. The second-order valence-corrected chi connectivity index (χ2v) is 8.05. The van der Waals surface area contributed by atoms with Crippen LogP contribution in [0.1, 0.15) is 16.3 Å². The van der Waals surface area contributed by atoms with Gasteiger partial charge in [-0.3, -0.25) is 4.79 Å². The molecule has 3 N–H and O–H groups in total. The average Bonchev–Trinajstić information content (AvgIpc) is 3.27. The lowest BCUT2D eigenvalue weighted by Crippen LogP contribution is -2.07. The van der Waals surface area contributed by atoms with Crippen LogP contribution >= 0.6 is 11.3 Å². The van der Waals surface area contributed by atoms with Crippen LogP contribution in [0.2, 0.25) is 0 Å². The number of nitrogens with one attached hydrogen (secondary N) is 3. The summed E-state index contributed by atoms with van der Waals surface area (Å²) in [7, 11) is 0. The third-order valence-corrected chi connectivity index (χ3v) is 5.21. The lowest BCUT2D eigenvalue weighted by Gasteiger charge is -2.11. The Kier molecular flexibility index (Phi) is 6.52. The van der Waals surface area contributed by atoms with E-state index in [2.05, 4.69) is 30.9 Å². The van der Waals surface area contributed by atoms with Gasteiger partial charge in [-0.05, 0) is 73.3 Å². The smallest absolute Gasteiger partial charge is 0.248 e. The highest BCUT2D eigenvalue weighted by Gasteiger charge is 2.05. The Morgan fingerprint density at radius 2 is 1.66 bits per heavy atom. The van der Waals surface area contributed by atoms with Crippen molar-refractivity contribution in [2.24, 2.45) is 0 Å². The zero-order chi connectivity index (χ0) is 22.3. The van der Waals surface area contributed by atoms with Crippen molar-refractivity contribution >= 4 is 52.1 Å². The van der Waals surface area contributed by atoms with Gasteiger partial charge in [-0.15, -0.1) is 11.3 Å². The summed E-state index contributed by atoms with van der Waals surface area (Å²) in [4.78, 5) is 26.3. The predicted octanol–water partition coefficient (Wildman–Crippen LogP) is 5.69. The van der Waals surface area contributed by atoms with E-state index >= 15 is 0 Å². The van der Waals surface area contributed by atoms with Crippen LogP contribution in [0.5, 0.6) is 0 Å². The van der Waals surface area contributed by atoms with Crippen molar-refractivity contribution in [3.05, 3.63) is 88.5 Å². The maximum absolute atomic E-state index is 12.1. The lowest BCUT2D eigenvalue weighted by atomic mass is 10.2. The first-order valence-electron chi connectivity index (χ1n) is 9.98. The number of aryl methyl sites for hydroxylation is 2. The molecule has 0 aliphatic carbocycles. The van der Waals surface area contributed by atoms with E-state index in [1.165, 1.54) is 6.08 Å². The molecule has 8 heteroatoms. The summed E-state index contributed by atoms with van der Waals surface area (Å²) in [6.07, 6.45) is 5.08. The number of benzene rings is 1. The van der Waals surface area contributed by atoms with E-state index in [9.17, 15) is 4.79 Å². The molecular formula is C24H22N6OS. The summed E-state index contributed by atoms with van der Waals surface area (Å²) in [5, 5.41) is 11.3. The number of nitrogens with zero attached hydrogens (tertiary/aromatic N) is 3. The minimum Gasteiger partial charge on any atom is -0.340 e. The summed E-state index contributed by atoms with van der Waals surface area (Å²) < 4.78 is 0. The van der Waals surface area contributed by atoms with Crippen LogP contribution < -0.4 is 16.0 Å². The number of pyridine rings is 1. The van der Waals surface area contributed by atoms with Crippen molar-refractivity contribution in [3.8, 4) is 0 Å². The molecule has 0 saturated carbocycles.